The molecule has 0 saturated carbocycles. The molecule has 0 aliphatic heterocycles. The van der Waals surface area contributed by atoms with Crippen LogP contribution in [0.15, 0.2) is 84.3 Å². The molecular weight excluding hydrogens is 554 g/mol. The Balaban J connectivity index is 1.38. The first-order chi connectivity index (χ1) is 20.4. The van der Waals surface area contributed by atoms with E-state index in [1.165, 1.54) is 6.33 Å². The number of H-pyrrole nitrogens is 2. The Bertz CT molecular complexity index is 2200. The molecule has 2 aromatic carbocycles. The lowest BCUT2D eigenvalue weighted by Gasteiger charge is -2.20. The van der Waals surface area contributed by atoms with Gasteiger partial charge in [-0.1, -0.05) is 18.2 Å². The first-order valence-corrected chi connectivity index (χ1v) is 14.2. The largest absolute Gasteiger partial charge is 0.361 e. The highest BCUT2D eigenvalue weighted by molar-refractivity contribution is 7.80. The van der Waals surface area contributed by atoms with Gasteiger partial charge in [0, 0.05) is 35.1 Å². The lowest BCUT2D eigenvalue weighted by Crippen LogP contribution is -2.29. The van der Waals surface area contributed by atoms with Gasteiger partial charge in [0.25, 0.3) is 16.8 Å². The Hall–Kier alpha value is -5.27. The molecular formula is C29H25N9O3S. The summed E-state index contributed by atoms with van der Waals surface area (Å²) in [6.07, 6.45) is 6.90. The van der Waals surface area contributed by atoms with Gasteiger partial charge in [-0.15, -0.1) is 0 Å². The van der Waals surface area contributed by atoms with Crippen molar-refractivity contribution in [3.8, 4) is 16.8 Å². The van der Waals surface area contributed by atoms with Crippen molar-refractivity contribution >= 4 is 50.2 Å². The molecule has 7 rings (SSSR count). The van der Waals surface area contributed by atoms with E-state index in [2.05, 4.69) is 30.0 Å². The van der Waals surface area contributed by atoms with Gasteiger partial charge >= 0.3 is 0 Å². The molecule has 0 fully saturated rings. The summed E-state index contributed by atoms with van der Waals surface area (Å²) in [7, 11) is 0. The Morgan fingerprint density at radius 2 is 1.88 bits per heavy atom. The fourth-order valence-corrected chi connectivity index (χ4v) is 5.76. The molecule has 2 atom stereocenters. The molecule has 1 unspecified atom stereocenters. The number of hydrogen-bond donors (Lipinski definition) is 5. The van der Waals surface area contributed by atoms with Gasteiger partial charge in [0.15, 0.2) is 5.82 Å². The summed E-state index contributed by atoms with van der Waals surface area (Å²) in [5.74, 6) is 1.04. The molecule has 5 aromatic heterocycles. The molecule has 0 amide bonds. The summed E-state index contributed by atoms with van der Waals surface area (Å²) >= 11 is -2.24. The number of benzene rings is 2. The number of fused-ring (bicyclic) bond motifs is 3. The van der Waals surface area contributed by atoms with Crippen LogP contribution in [0.4, 0.5) is 11.5 Å². The zero-order chi connectivity index (χ0) is 29.0. The highest BCUT2D eigenvalue weighted by Crippen LogP contribution is 2.38. The van der Waals surface area contributed by atoms with E-state index in [1.807, 2.05) is 74.8 Å². The van der Waals surface area contributed by atoms with Gasteiger partial charge in [0.2, 0.25) is 0 Å². The van der Waals surface area contributed by atoms with Crippen LogP contribution >= 0.6 is 0 Å². The van der Waals surface area contributed by atoms with Crippen molar-refractivity contribution in [3.05, 3.63) is 101 Å². The van der Waals surface area contributed by atoms with E-state index in [9.17, 15) is 13.6 Å². The summed E-state index contributed by atoms with van der Waals surface area (Å²) in [4.78, 5) is 29.2. The van der Waals surface area contributed by atoms with E-state index in [0.717, 1.165) is 33.0 Å². The van der Waals surface area contributed by atoms with Crippen LogP contribution in [0, 0.1) is 6.92 Å². The molecule has 42 heavy (non-hydrogen) atoms. The van der Waals surface area contributed by atoms with Crippen LogP contribution in [0.25, 0.3) is 44.3 Å². The maximum absolute atomic E-state index is 13.8. The number of nitrogens with one attached hydrogen (secondary N) is 4. The summed E-state index contributed by atoms with van der Waals surface area (Å²) < 4.78 is 26.8. The maximum atomic E-state index is 13.8. The van der Waals surface area contributed by atoms with E-state index in [1.54, 1.807) is 21.3 Å². The van der Waals surface area contributed by atoms with Crippen LogP contribution in [0.3, 0.4) is 0 Å². The molecule has 0 aliphatic carbocycles. The number of aryl methyl sites for hydroxylation is 1. The Labute approximate surface area is 240 Å². The number of nitrogens with zero attached hydrogens (tertiary/aromatic N) is 5. The summed E-state index contributed by atoms with van der Waals surface area (Å²) in [5, 5.41) is 9.97. The number of rotatable bonds is 7. The molecule has 0 radical (unpaired) electrons. The molecule has 13 heteroatoms. The first kappa shape index (κ1) is 25.7. The molecule has 0 spiro atoms. The van der Waals surface area contributed by atoms with Crippen molar-refractivity contribution < 1.29 is 8.76 Å². The SMILES string of the molecule is Cc1ccn2nc([C@H](C)Nc3ncnc4[nH]cc(-c5cc(NS(=O)O)cc6[nH]ccc56)c34)n(-c3ccccc3)c(=O)c12. The molecule has 0 saturated heterocycles. The number of para-hydroxylation sites is 1. The van der Waals surface area contributed by atoms with E-state index in [-0.39, 0.29) is 5.56 Å². The van der Waals surface area contributed by atoms with Crippen molar-refractivity contribution in [2.24, 2.45) is 0 Å². The predicted octanol–water partition coefficient (Wildman–Crippen LogP) is 4.93. The molecule has 5 heterocycles. The van der Waals surface area contributed by atoms with Crippen molar-refractivity contribution in [2.45, 2.75) is 19.9 Å². The highest BCUT2D eigenvalue weighted by atomic mass is 32.2. The second-order valence-corrected chi connectivity index (χ2v) is 10.7. The molecule has 0 bridgehead atoms. The lowest BCUT2D eigenvalue weighted by atomic mass is 10.0. The van der Waals surface area contributed by atoms with Crippen LogP contribution < -0.4 is 15.6 Å². The fourth-order valence-electron chi connectivity index (χ4n) is 5.44. The van der Waals surface area contributed by atoms with Crippen molar-refractivity contribution in [1.82, 2.24) is 34.1 Å². The van der Waals surface area contributed by atoms with Gasteiger partial charge < -0.3 is 15.3 Å². The first-order valence-electron chi connectivity index (χ1n) is 13.1. The smallest absolute Gasteiger partial charge is 0.282 e. The molecule has 210 valence electrons. The van der Waals surface area contributed by atoms with Gasteiger partial charge in [-0.3, -0.25) is 18.6 Å². The second kappa shape index (κ2) is 9.98. The van der Waals surface area contributed by atoms with E-state index < -0.39 is 17.3 Å². The lowest BCUT2D eigenvalue weighted by molar-refractivity contribution is 0.570. The average Bonchev–Trinajstić information content (AvgIpc) is 3.71. The van der Waals surface area contributed by atoms with Crippen molar-refractivity contribution in [1.29, 1.82) is 0 Å². The van der Waals surface area contributed by atoms with Crippen molar-refractivity contribution in [3.63, 3.8) is 0 Å². The average molecular weight is 580 g/mol. The number of aromatic amines is 2. The third-order valence-corrected chi connectivity index (χ3v) is 7.71. The van der Waals surface area contributed by atoms with Gasteiger partial charge in [-0.25, -0.2) is 18.7 Å². The fraction of sp³-hybridized carbons (Fsp3) is 0.103. The number of hydrogen-bond acceptors (Lipinski definition) is 6. The van der Waals surface area contributed by atoms with E-state index >= 15 is 0 Å². The van der Waals surface area contributed by atoms with Gasteiger partial charge in [-0.05, 0) is 61.4 Å². The van der Waals surface area contributed by atoms with Crippen LogP contribution in [-0.4, -0.2) is 42.9 Å². The quantitative estimate of drug-likeness (QED) is 0.167. The zero-order valence-corrected chi connectivity index (χ0v) is 23.3. The van der Waals surface area contributed by atoms with Crippen LogP contribution in [0.2, 0.25) is 0 Å². The minimum atomic E-state index is -2.24. The van der Waals surface area contributed by atoms with Crippen LogP contribution in [0.5, 0.6) is 0 Å². The second-order valence-electron chi connectivity index (χ2n) is 9.95. The molecule has 0 aliphatic rings. The summed E-state index contributed by atoms with van der Waals surface area (Å²) in [6.45, 7) is 3.82. The Kier molecular flexibility index (Phi) is 6.10. The Morgan fingerprint density at radius 3 is 2.69 bits per heavy atom. The summed E-state index contributed by atoms with van der Waals surface area (Å²) in [5.41, 5.74) is 5.37. The topological polar surface area (TPSA) is 158 Å². The molecule has 7 aromatic rings. The predicted molar refractivity (Wildman–Crippen MR) is 163 cm³/mol. The van der Waals surface area contributed by atoms with Gasteiger partial charge in [0.05, 0.1) is 22.8 Å². The number of aromatic nitrogens is 7. The van der Waals surface area contributed by atoms with Crippen LogP contribution in [0.1, 0.15) is 24.4 Å². The highest BCUT2D eigenvalue weighted by Gasteiger charge is 2.22. The standard InChI is InChI=1S/C29H25N9O3S/c1-16-9-11-37-25(16)29(39)38(19-6-4-3-5-7-19)28(35-37)17(2)34-27-24-22(14-31-26(24)32-15-33-27)21-12-18(36-42(40)41)13-23-20(21)8-10-30-23/h3-15,17,30,36H,1-2H3,(H,40,41)(H2,31,32,33,34)/t17-/m0/s1. The number of anilines is 2. The monoisotopic (exact) mass is 579 g/mol. The minimum absolute atomic E-state index is 0.169. The Morgan fingerprint density at radius 1 is 1.05 bits per heavy atom. The third-order valence-electron chi connectivity index (χ3n) is 7.30. The van der Waals surface area contributed by atoms with Crippen LogP contribution in [-0.2, 0) is 11.3 Å². The summed E-state index contributed by atoms with van der Waals surface area (Å²) in [6, 6.07) is 16.4. The zero-order valence-electron chi connectivity index (χ0n) is 22.5. The minimum Gasteiger partial charge on any atom is -0.361 e. The van der Waals surface area contributed by atoms with E-state index in [0.29, 0.717) is 34.2 Å². The van der Waals surface area contributed by atoms with Crippen molar-refractivity contribution in [2.75, 3.05) is 10.0 Å². The normalized spacial score (nSPS) is 13.1. The van der Waals surface area contributed by atoms with Gasteiger partial charge in [0.1, 0.15) is 23.3 Å². The molecule has 5 N–H and O–H groups in total. The third kappa shape index (κ3) is 4.22. The maximum Gasteiger partial charge on any atom is 0.282 e. The van der Waals surface area contributed by atoms with Gasteiger partial charge in [-0.2, -0.15) is 5.10 Å². The molecule has 12 nitrogen and oxygen atoms in total. The van der Waals surface area contributed by atoms with E-state index in [4.69, 9.17) is 5.10 Å².